The van der Waals surface area contributed by atoms with E-state index in [1.807, 2.05) is 0 Å². The number of piperidine rings is 1. The molecule has 0 aliphatic carbocycles. The summed E-state index contributed by atoms with van der Waals surface area (Å²) < 4.78 is 61.5. The van der Waals surface area contributed by atoms with Crippen LogP contribution in [0.3, 0.4) is 0 Å². The van der Waals surface area contributed by atoms with E-state index in [9.17, 15) is 21.6 Å². The van der Waals surface area contributed by atoms with Crippen molar-refractivity contribution in [2.24, 2.45) is 5.92 Å². The van der Waals surface area contributed by atoms with E-state index in [0.29, 0.717) is 17.1 Å². The molecular formula is C9H17F3N2O3S. The summed E-state index contributed by atoms with van der Waals surface area (Å²) in [5.41, 5.74) is 0. The Labute approximate surface area is 104 Å². The van der Waals surface area contributed by atoms with Crippen molar-refractivity contribution in [1.82, 2.24) is 8.61 Å². The van der Waals surface area contributed by atoms with Crippen LogP contribution in [0.5, 0.6) is 0 Å². The van der Waals surface area contributed by atoms with Gasteiger partial charge in [0.15, 0.2) is 0 Å². The van der Waals surface area contributed by atoms with Gasteiger partial charge in [-0.15, -0.1) is 0 Å². The molecule has 0 unspecified atom stereocenters. The molecule has 1 aliphatic rings. The third-order valence-corrected chi connectivity index (χ3v) is 4.89. The maximum atomic E-state index is 12.2. The van der Waals surface area contributed by atoms with Gasteiger partial charge >= 0.3 is 6.18 Å². The van der Waals surface area contributed by atoms with Gasteiger partial charge in [0.1, 0.15) is 6.54 Å². The van der Waals surface area contributed by atoms with Gasteiger partial charge in [-0.3, -0.25) is 0 Å². The SMILES string of the molecule is CN(CC(F)(F)F)S(=O)(=O)N1CCC(CO)CC1. The zero-order valence-corrected chi connectivity index (χ0v) is 10.8. The summed E-state index contributed by atoms with van der Waals surface area (Å²) in [6.45, 7) is -1.22. The lowest BCUT2D eigenvalue weighted by Crippen LogP contribution is -2.48. The van der Waals surface area contributed by atoms with Gasteiger partial charge in [0, 0.05) is 26.7 Å². The molecule has 1 fully saturated rings. The number of hydrogen-bond donors (Lipinski definition) is 1. The van der Waals surface area contributed by atoms with Gasteiger partial charge < -0.3 is 5.11 Å². The molecule has 0 amide bonds. The second-order valence-electron chi connectivity index (χ2n) is 4.40. The number of hydrogen-bond acceptors (Lipinski definition) is 3. The lowest BCUT2D eigenvalue weighted by atomic mass is 10.00. The molecule has 1 aliphatic heterocycles. The smallest absolute Gasteiger partial charge is 0.396 e. The number of rotatable bonds is 4. The molecule has 0 atom stereocenters. The standard InChI is InChI=1S/C9H17F3N2O3S/c1-13(7-9(10,11)12)18(16,17)14-4-2-8(6-15)3-5-14/h8,15H,2-7H2,1H3. The average molecular weight is 290 g/mol. The molecule has 0 aromatic heterocycles. The summed E-state index contributed by atoms with van der Waals surface area (Å²) in [6, 6.07) is 0. The average Bonchev–Trinajstić information content (AvgIpc) is 2.27. The van der Waals surface area contributed by atoms with Crippen molar-refractivity contribution < 1.29 is 26.7 Å². The van der Waals surface area contributed by atoms with Crippen LogP contribution < -0.4 is 0 Å². The van der Waals surface area contributed by atoms with Gasteiger partial charge in [0.2, 0.25) is 0 Å². The minimum atomic E-state index is -4.55. The topological polar surface area (TPSA) is 60.9 Å². The lowest BCUT2D eigenvalue weighted by molar-refractivity contribution is -0.134. The Kier molecular flexibility index (Phi) is 4.98. The van der Waals surface area contributed by atoms with Gasteiger partial charge in [0.25, 0.3) is 10.2 Å². The summed E-state index contributed by atoms with van der Waals surface area (Å²) in [4.78, 5) is 0. The fourth-order valence-corrected chi connectivity index (χ4v) is 3.23. The first-order valence-electron chi connectivity index (χ1n) is 5.56. The third kappa shape index (κ3) is 4.08. The molecule has 9 heteroatoms. The molecule has 0 radical (unpaired) electrons. The van der Waals surface area contributed by atoms with Crippen LogP contribution >= 0.6 is 0 Å². The number of aliphatic hydroxyl groups excluding tert-OH is 1. The fourth-order valence-electron chi connectivity index (χ4n) is 1.85. The molecule has 18 heavy (non-hydrogen) atoms. The van der Waals surface area contributed by atoms with E-state index in [1.165, 1.54) is 0 Å². The molecule has 1 rings (SSSR count). The minimum absolute atomic E-state index is 0.0215. The monoisotopic (exact) mass is 290 g/mol. The highest BCUT2D eigenvalue weighted by molar-refractivity contribution is 7.86. The number of nitrogens with zero attached hydrogens (tertiary/aromatic N) is 2. The molecule has 0 saturated carbocycles. The van der Waals surface area contributed by atoms with Gasteiger partial charge in [-0.25, -0.2) is 0 Å². The van der Waals surface area contributed by atoms with Crippen molar-refractivity contribution in [2.75, 3.05) is 33.3 Å². The van der Waals surface area contributed by atoms with Gasteiger partial charge in [-0.05, 0) is 18.8 Å². The fraction of sp³-hybridized carbons (Fsp3) is 1.00. The highest BCUT2D eigenvalue weighted by Gasteiger charge is 2.37. The largest absolute Gasteiger partial charge is 0.402 e. The summed E-state index contributed by atoms with van der Waals surface area (Å²) in [5.74, 6) is 0.0318. The summed E-state index contributed by atoms with van der Waals surface area (Å²) in [7, 11) is -3.14. The molecule has 0 bridgehead atoms. The minimum Gasteiger partial charge on any atom is -0.396 e. The van der Waals surface area contributed by atoms with Crippen LogP contribution in [0.15, 0.2) is 0 Å². The van der Waals surface area contributed by atoms with Gasteiger partial charge in [-0.2, -0.15) is 30.2 Å². The number of aliphatic hydroxyl groups is 1. The predicted octanol–water partition coefficient (Wildman–Crippen LogP) is 0.430. The van der Waals surface area contributed by atoms with E-state index >= 15 is 0 Å². The maximum absolute atomic E-state index is 12.2. The highest BCUT2D eigenvalue weighted by atomic mass is 32.2. The molecule has 0 aromatic rings. The van der Waals surface area contributed by atoms with Crippen molar-refractivity contribution in [1.29, 1.82) is 0 Å². The Hall–Kier alpha value is -0.380. The highest BCUT2D eigenvalue weighted by Crippen LogP contribution is 2.23. The first-order valence-corrected chi connectivity index (χ1v) is 6.95. The zero-order valence-electron chi connectivity index (χ0n) is 10.0. The first kappa shape index (κ1) is 15.7. The molecular weight excluding hydrogens is 273 g/mol. The van der Waals surface area contributed by atoms with E-state index in [0.717, 1.165) is 11.4 Å². The second-order valence-corrected chi connectivity index (χ2v) is 6.44. The molecule has 1 saturated heterocycles. The van der Waals surface area contributed by atoms with Gasteiger partial charge in [0.05, 0.1) is 0 Å². The van der Waals surface area contributed by atoms with Crippen LogP contribution in [0.2, 0.25) is 0 Å². The summed E-state index contributed by atoms with van der Waals surface area (Å²) in [6.07, 6.45) is -3.61. The van der Waals surface area contributed by atoms with E-state index in [-0.39, 0.29) is 25.6 Å². The van der Waals surface area contributed by atoms with Crippen molar-refractivity contribution >= 4 is 10.2 Å². The van der Waals surface area contributed by atoms with E-state index in [2.05, 4.69) is 0 Å². The van der Waals surface area contributed by atoms with Crippen LogP contribution in [0.1, 0.15) is 12.8 Å². The third-order valence-electron chi connectivity index (χ3n) is 2.95. The predicted molar refractivity (Wildman–Crippen MR) is 59.0 cm³/mol. The van der Waals surface area contributed by atoms with Gasteiger partial charge in [-0.1, -0.05) is 0 Å². The quantitative estimate of drug-likeness (QED) is 0.817. The zero-order chi connectivity index (χ0) is 14.0. The Morgan fingerprint density at radius 3 is 2.22 bits per heavy atom. The molecule has 1 N–H and O–H groups in total. The van der Waals surface area contributed by atoms with Crippen molar-refractivity contribution in [3.05, 3.63) is 0 Å². The molecule has 5 nitrogen and oxygen atoms in total. The van der Waals surface area contributed by atoms with Crippen LogP contribution in [0.25, 0.3) is 0 Å². The molecule has 1 heterocycles. The van der Waals surface area contributed by atoms with Crippen molar-refractivity contribution in [3.63, 3.8) is 0 Å². The molecule has 0 aromatic carbocycles. The lowest BCUT2D eigenvalue weighted by Gasteiger charge is -2.33. The second kappa shape index (κ2) is 5.72. The number of halogens is 3. The van der Waals surface area contributed by atoms with Crippen molar-refractivity contribution in [3.8, 4) is 0 Å². The summed E-state index contributed by atoms with van der Waals surface area (Å²) >= 11 is 0. The van der Waals surface area contributed by atoms with E-state index in [4.69, 9.17) is 5.11 Å². The van der Waals surface area contributed by atoms with E-state index in [1.54, 1.807) is 0 Å². The van der Waals surface area contributed by atoms with Crippen LogP contribution in [0.4, 0.5) is 13.2 Å². The Bertz CT molecular complexity index is 364. The molecule has 0 spiro atoms. The van der Waals surface area contributed by atoms with Crippen LogP contribution in [0, 0.1) is 5.92 Å². The van der Waals surface area contributed by atoms with Crippen molar-refractivity contribution in [2.45, 2.75) is 19.0 Å². The van der Waals surface area contributed by atoms with Crippen LogP contribution in [-0.2, 0) is 10.2 Å². The summed E-state index contributed by atoms with van der Waals surface area (Å²) in [5, 5.41) is 8.91. The van der Waals surface area contributed by atoms with E-state index < -0.39 is 22.9 Å². The number of alkyl halides is 3. The Morgan fingerprint density at radius 1 is 1.33 bits per heavy atom. The van der Waals surface area contributed by atoms with Crippen LogP contribution in [-0.4, -0.2) is 61.6 Å². The Morgan fingerprint density at radius 2 is 1.83 bits per heavy atom. The first-order chi connectivity index (χ1) is 8.16. The normalized spacial score (nSPS) is 20.6. The maximum Gasteiger partial charge on any atom is 0.402 e. The molecule has 108 valence electrons. The Balaban J connectivity index is 2.64.